The molecule has 0 bridgehead atoms. The number of aromatic amines is 1. The van der Waals surface area contributed by atoms with Crippen molar-refractivity contribution < 1.29 is 0 Å². The summed E-state index contributed by atoms with van der Waals surface area (Å²) >= 11 is 14.0. The van der Waals surface area contributed by atoms with Gasteiger partial charge in [-0.05, 0) is 49.1 Å². The highest BCUT2D eigenvalue weighted by Gasteiger charge is 2.32. The third-order valence-corrected chi connectivity index (χ3v) is 8.66. The second-order valence-corrected chi connectivity index (χ2v) is 11.5. The van der Waals surface area contributed by atoms with E-state index in [1.54, 1.807) is 12.4 Å². The minimum absolute atomic E-state index is 0.252. The van der Waals surface area contributed by atoms with Gasteiger partial charge in [-0.15, -0.1) is 5.10 Å². The van der Waals surface area contributed by atoms with Crippen LogP contribution in [-0.2, 0) is 5.75 Å². The lowest BCUT2D eigenvalue weighted by atomic mass is 9.92. The molecule has 1 aliphatic rings. The van der Waals surface area contributed by atoms with E-state index in [9.17, 15) is 0 Å². The Morgan fingerprint density at radius 2 is 2.03 bits per heavy atom. The van der Waals surface area contributed by atoms with Gasteiger partial charge in [0.25, 0.3) is 5.78 Å². The fourth-order valence-electron chi connectivity index (χ4n) is 5.09. The van der Waals surface area contributed by atoms with Crippen LogP contribution in [0.25, 0.3) is 16.8 Å². The standard InChI is InChI=1S/C26H27Cl2N9S/c1-15-7-9-36(12-21(15)35(3)24-19-6-8-29-23(19)30-14-31-24)22-10-16(2)32-25-33-26(34-37(22)25)38-13-17-11-18(27)4-5-20(17)28/h4-6,8,10-11,14-15,21H,7,9,12-13H2,1-3H3,(H,29,30,31)/t15-,21+/m1/s1. The average molecular weight is 569 g/mol. The number of aromatic nitrogens is 7. The lowest BCUT2D eigenvalue weighted by Crippen LogP contribution is -2.51. The van der Waals surface area contributed by atoms with Crippen LogP contribution in [-0.4, -0.2) is 60.7 Å². The maximum absolute atomic E-state index is 6.36. The Labute approximate surface area is 234 Å². The Kier molecular flexibility index (Phi) is 6.79. The van der Waals surface area contributed by atoms with E-state index in [0.29, 0.717) is 32.7 Å². The molecule has 5 aromatic rings. The van der Waals surface area contributed by atoms with Crippen LogP contribution in [0.4, 0.5) is 11.6 Å². The van der Waals surface area contributed by atoms with Crippen molar-refractivity contribution in [1.82, 2.24) is 34.5 Å². The molecule has 0 spiro atoms. The first kappa shape index (κ1) is 25.2. The minimum atomic E-state index is 0.252. The highest BCUT2D eigenvalue weighted by atomic mass is 35.5. The summed E-state index contributed by atoms with van der Waals surface area (Å²) < 4.78 is 1.86. The Bertz CT molecular complexity index is 1620. The number of anilines is 2. The first-order chi connectivity index (χ1) is 18.4. The number of likely N-dealkylation sites (N-methyl/N-ethyl adjacent to an activating group) is 1. The number of nitrogens with zero attached hydrogens (tertiary/aromatic N) is 8. The third-order valence-electron chi connectivity index (χ3n) is 7.17. The minimum Gasteiger partial charge on any atom is -0.354 e. The molecule has 0 amide bonds. The lowest BCUT2D eigenvalue weighted by Gasteiger charge is -2.43. The van der Waals surface area contributed by atoms with Gasteiger partial charge >= 0.3 is 0 Å². The summed E-state index contributed by atoms with van der Waals surface area (Å²) in [6.45, 7) is 6.06. The van der Waals surface area contributed by atoms with Gasteiger partial charge in [0.1, 0.15) is 23.6 Å². The molecular formula is C26H27Cl2N9S. The quantitative estimate of drug-likeness (QED) is 0.263. The Morgan fingerprint density at radius 3 is 2.89 bits per heavy atom. The van der Waals surface area contributed by atoms with Crippen LogP contribution in [0.15, 0.2) is 48.0 Å². The van der Waals surface area contributed by atoms with E-state index < -0.39 is 0 Å². The first-order valence-corrected chi connectivity index (χ1v) is 14.2. The number of nitrogens with one attached hydrogen (secondary N) is 1. The molecular weight excluding hydrogens is 541 g/mol. The number of hydrogen-bond donors (Lipinski definition) is 1. The number of benzene rings is 1. The number of thioether (sulfide) groups is 1. The predicted octanol–water partition coefficient (Wildman–Crippen LogP) is 5.65. The van der Waals surface area contributed by atoms with Crippen molar-refractivity contribution >= 4 is 63.4 Å². The van der Waals surface area contributed by atoms with Gasteiger partial charge in [0, 0.05) is 53.9 Å². The zero-order valence-electron chi connectivity index (χ0n) is 21.3. The molecule has 38 heavy (non-hydrogen) atoms. The maximum Gasteiger partial charge on any atom is 0.255 e. The number of rotatable bonds is 6. The first-order valence-electron chi connectivity index (χ1n) is 12.4. The molecule has 12 heteroatoms. The fourth-order valence-corrected chi connectivity index (χ4v) is 6.36. The molecule has 1 aliphatic heterocycles. The monoisotopic (exact) mass is 567 g/mol. The number of fused-ring (bicyclic) bond motifs is 2. The van der Waals surface area contributed by atoms with Crippen LogP contribution in [0.1, 0.15) is 24.6 Å². The maximum atomic E-state index is 6.36. The van der Waals surface area contributed by atoms with Gasteiger partial charge in [-0.2, -0.15) is 9.50 Å². The van der Waals surface area contributed by atoms with Crippen LogP contribution in [0, 0.1) is 12.8 Å². The van der Waals surface area contributed by atoms with Gasteiger partial charge in [-0.25, -0.2) is 15.0 Å². The van der Waals surface area contributed by atoms with E-state index in [0.717, 1.165) is 53.4 Å². The number of hydrogen-bond acceptors (Lipinski definition) is 8. The van der Waals surface area contributed by atoms with Gasteiger partial charge in [-0.1, -0.05) is 41.9 Å². The molecule has 2 atom stereocenters. The second-order valence-electron chi connectivity index (χ2n) is 9.71. The van der Waals surface area contributed by atoms with Crippen molar-refractivity contribution in [2.75, 3.05) is 29.9 Å². The molecule has 1 aromatic carbocycles. The zero-order chi connectivity index (χ0) is 26.4. The molecule has 6 rings (SSSR count). The number of aryl methyl sites for hydroxylation is 1. The molecule has 0 aliphatic carbocycles. The van der Waals surface area contributed by atoms with Crippen molar-refractivity contribution in [3.05, 3.63) is 64.2 Å². The average Bonchev–Trinajstić information content (AvgIpc) is 3.55. The third kappa shape index (κ3) is 4.76. The molecule has 1 N–H and O–H groups in total. The molecule has 1 saturated heterocycles. The van der Waals surface area contributed by atoms with Crippen molar-refractivity contribution in [2.24, 2.45) is 5.92 Å². The van der Waals surface area contributed by atoms with Crippen molar-refractivity contribution in [2.45, 2.75) is 37.2 Å². The summed E-state index contributed by atoms with van der Waals surface area (Å²) in [7, 11) is 2.12. The molecule has 4 aromatic heterocycles. The van der Waals surface area contributed by atoms with Crippen LogP contribution < -0.4 is 9.80 Å². The Morgan fingerprint density at radius 1 is 1.16 bits per heavy atom. The topological polar surface area (TPSA) is 91.1 Å². The SMILES string of the molecule is Cc1cc(N2CC[C@@H](C)[C@@H](N(C)c3ncnc4[nH]ccc34)C2)n2nc(SCc3cc(Cl)ccc3Cl)nc2n1. The van der Waals surface area contributed by atoms with Gasteiger partial charge in [0.2, 0.25) is 5.16 Å². The summed E-state index contributed by atoms with van der Waals surface area (Å²) in [5, 5.41) is 7.84. The highest BCUT2D eigenvalue weighted by Crippen LogP contribution is 2.32. The van der Waals surface area contributed by atoms with Gasteiger partial charge in [0.15, 0.2) is 0 Å². The number of H-pyrrole nitrogens is 1. The van der Waals surface area contributed by atoms with Gasteiger partial charge in [-0.3, -0.25) is 0 Å². The van der Waals surface area contributed by atoms with Gasteiger partial charge in [0.05, 0.1) is 11.4 Å². The van der Waals surface area contributed by atoms with Crippen LogP contribution in [0.5, 0.6) is 0 Å². The molecule has 196 valence electrons. The van der Waals surface area contributed by atoms with E-state index >= 15 is 0 Å². The summed E-state index contributed by atoms with van der Waals surface area (Å²) in [6.07, 6.45) is 4.57. The summed E-state index contributed by atoms with van der Waals surface area (Å²) in [4.78, 5) is 26.2. The Balaban J connectivity index is 1.28. The van der Waals surface area contributed by atoms with Crippen molar-refractivity contribution in [3.63, 3.8) is 0 Å². The highest BCUT2D eigenvalue weighted by molar-refractivity contribution is 7.98. The number of halogens is 2. The van der Waals surface area contributed by atoms with Crippen LogP contribution in [0.2, 0.25) is 10.0 Å². The van der Waals surface area contributed by atoms with E-state index in [1.807, 2.05) is 35.8 Å². The molecule has 0 saturated carbocycles. The molecule has 0 unspecified atom stereocenters. The number of piperidine rings is 1. The molecule has 0 radical (unpaired) electrons. The smallest absolute Gasteiger partial charge is 0.255 e. The van der Waals surface area contributed by atoms with Gasteiger partial charge < -0.3 is 14.8 Å². The fraction of sp³-hybridized carbons (Fsp3) is 0.346. The van der Waals surface area contributed by atoms with E-state index in [2.05, 4.69) is 49.8 Å². The van der Waals surface area contributed by atoms with Crippen LogP contribution in [0.3, 0.4) is 0 Å². The van der Waals surface area contributed by atoms with E-state index in [4.69, 9.17) is 33.3 Å². The van der Waals surface area contributed by atoms with E-state index in [-0.39, 0.29) is 6.04 Å². The summed E-state index contributed by atoms with van der Waals surface area (Å²) in [6, 6.07) is 9.86. The van der Waals surface area contributed by atoms with Crippen molar-refractivity contribution in [1.29, 1.82) is 0 Å². The largest absolute Gasteiger partial charge is 0.354 e. The Hall–Kier alpha value is -3.08. The second kappa shape index (κ2) is 10.2. The molecule has 1 fully saturated rings. The normalized spacial score (nSPS) is 18.0. The summed E-state index contributed by atoms with van der Waals surface area (Å²) in [5.74, 6) is 3.62. The summed E-state index contributed by atoms with van der Waals surface area (Å²) in [5.41, 5.74) is 2.70. The predicted molar refractivity (Wildman–Crippen MR) is 154 cm³/mol. The van der Waals surface area contributed by atoms with Crippen LogP contribution >= 0.6 is 35.0 Å². The van der Waals surface area contributed by atoms with Crippen molar-refractivity contribution in [3.8, 4) is 0 Å². The lowest BCUT2D eigenvalue weighted by molar-refractivity contribution is 0.365. The zero-order valence-corrected chi connectivity index (χ0v) is 23.6. The molecule has 9 nitrogen and oxygen atoms in total. The van der Waals surface area contributed by atoms with E-state index in [1.165, 1.54) is 11.8 Å². The molecule has 5 heterocycles.